The maximum absolute atomic E-state index is 4.24. The van der Waals surface area contributed by atoms with Crippen LogP contribution in [0.5, 0.6) is 0 Å². The molecule has 1 aliphatic carbocycles. The highest BCUT2D eigenvalue weighted by Gasteiger charge is 2.19. The first-order valence-corrected chi connectivity index (χ1v) is 6.28. The maximum atomic E-state index is 4.24. The molecule has 0 aromatic carbocycles. The molecule has 0 unspecified atom stereocenters. The van der Waals surface area contributed by atoms with E-state index in [0.29, 0.717) is 5.92 Å². The van der Waals surface area contributed by atoms with Crippen LogP contribution in [0.25, 0.3) is 11.8 Å². The van der Waals surface area contributed by atoms with Crippen LogP contribution in [0.2, 0.25) is 0 Å². The molecule has 2 aliphatic rings. The van der Waals surface area contributed by atoms with Crippen LogP contribution in [0.4, 0.5) is 0 Å². The number of nitrogens with one attached hydrogen (secondary N) is 1. The van der Waals surface area contributed by atoms with E-state index in [1.54, 1.807) is 0 Å². The number of hydrazine groups is 1. The number of aryl methyl sites for hydroxylation is 1. The molecule has 0 saturated carbocycles. The van der Waals surface area contributed by atoms with Gasteiger partial charge in [-0.1, -0.05) is 13.8 Å². The molecule has 0 fully saturated rings. The van der Waals surface area contributed by atoms with Gasteiger partial charge in [0, 0.05) is 29.7 Å². The van der Waals surface area contributed by atoms with Gasteiger partial charge in [0.1, 0.15) is 0 Å². The summed E-state index contributed by atoms with van der Waals surface area (Å²) in [6.45, 7) is 6.55. The van der Waals surface area contributed by atoms with Crippen LogP contribution in [-0.2, 0) is 6.42 Å². The lowest BCUT2D eigenvalue weighted by Crippen LogP contribution is -2.37. The molecule has 0 amide bonds. The summed E-state index contributed by atoms with van der Waals surface area (Å²) in [5, 5.41) is 13.1. The fourth-order valence-corrected chi connectivity index (χ4v) is 2.68. The third-order valence-corrected chi connectivity index (χ3v) is 3.34. The van der Waals surface area contributed by atoms with Crippen LogP contribution >= 0.6 is 0 Å². The largest absolute Gasteiger partial charge is 0.325 e. The summed E-state index contributed by atoms with van der Waals surface area (Å²) >= 11 is 0. The zero-order valence-electron chi connectivity index (χ0n) is 10.4. The lowest BCUT2D eigenvalue weighted by Gasteiger charge is -2.23. The van der Waals surface area contributed by atoms with Crippen LogP contribution in [0.3, 0.4) is 0 Å². The van der Waals surface area contributed by atoms with Crippen molar-refractivity contribution in [1.82, 2.24) is 20.6 Å². The molecule has 0 bridgehead atoms. The summed E-state index contributed by atoms with van der Waals surface area (Å²) in [7, 11) is 0. The Bertz CT molecular complexity index is 547. The van der Waals surface area contributed by atoms with Crippen molar-refractivity contribution in [2.75, 3.05) is 13.1 Å². The first kappa shape index (κ1) is 10.7. The lowest BCUT2D eigenvalue weighted by molar-refractivity contribution is 0.232. The molecule has 90 valence electrons. The molecule has 2 heterocycles. The monoisotopic (exact) mass is 230 g/mol. The topological polar surface area (TPSA) is 41.1 Å². The summed E-state index contributed by atoms with van der Waals surface area (Å²) in [5.74, 6) is 0.662. The second kappa shape index (κ2) is 4.11. The van der Waals surface area contributed by atoms with Gasteiger partial charge < -0.3 is 5.43 Å². The van der Waals surface area contributed by atoms with Crippen LogP contribution in [0, 0.1) is 5.92 Å². The van der Waals surface area contributed by atoms with Crippen molar-refractivity contribution in [3.63, 3.8) is 0 Å². The van der Waals surface area contributed by atoms with E-state index in [9.17, 15) is 0 Å². The van der Waals surface area contributed by atoms with E-state index >= 15 is 0 Å². The highest BCUT2D eigenvalue weighted by molar-refractivity contribution is 5.54. The molecule has 3 rings (SSSR count). The Morgan fingerprint density at radius 3 is 3.12 bits per heavy atom. The van der Waals surface area contributed by atoms with E-state index < -0.39 is 0 Å². The molecule has 1 N–H and O–H groups in total. The van der Waals surface area contributed by atoms with E-state index in [4.69, 9.17) is 0 Å². The molecular weight excluding hydrogens is 212 g/mol. The summed E-state index contributed by atoms with van der Waals surface area (Å²) in [6, 6.07) is 0. The number of hydrogen-bond donors (Lipinski definition) is 1. The molecule has 0 spiro atoms. The van der Waals surface area contributed by atoms with Crippen LogP contribution < -0.4 is 15.9 Å². The smallest absolute Gasteiger partial charge is 0.0713 e. The van der Waals surface area contributed by atoms with Gasteiger partial charge >= 0.3 is 0 Å². The second-order valence-corrected chi connectivity index (χ2v) is 5.27. The van der Waals surface area contributed by atoms with Gasteiger partial charge in [-0.25, -0.2) is 5.01 Å². The Morgan fingerprint density at radius 1 is 1.41 bits per heavy atom. The predicted molar refractivity (Wildman–Crippen MR) is 67.0 cm³/mol. The zero-order chi connectivity index (χ0) is 11.8. The van der Waals surface area contributed by atoms with Gasteiger partial charge in [0.05, 0.1) is 11.9 Å². The minimum atomic E-state index is 0.662. The molecule has 17 heavy (non-hydrogen) atoms. The van der Waals surface area contributed by atoms with E-state index in [0.717, 1.165) is 25.9 Å². The fourth-order valence-electron chi connectivity index (χ4n) is 2.68. The second-order valence-electron chi connectivity index (χ2n) is 5.27. The standard InChI is InChI=1S/C13H18N4/c1-9(2)7-17-8-10-3-4-12-13(10)11(6-15-17)5-14-16-12/h5-6,9,15H,3-4,7-8H2,1-2H3. The number of nitrogens with zero attached hydrogens (tertiary/aromatic N) is 3. The number of aromatic nitrogens is 2. The molecule has 4 nitrogen and oxygen atoms in total. The van der Waals surface area contributed by atoms with Gasteiger partial charge in [-0.2, -0.15) is 10.2 Å². The van der Waals surface area contributed by atoms with Crippen molar-refractivity contribution in [2.45, 2.75) is 26.7 Å². The Hall–Kier alpha value is -1.42. The summed E-state index contributed by atoms with van der Waals surface area (Å²) in [6.07, 6.45) is 6.10. The van der Waals surface area contributed by atoms with Crippen LogP contribution in [-0.4, -0.2) is 28.3 Å². The van der Waals surface area contributed by atoms with E-state index in [-0.39, 0.29) is 0 Å². The number of hydrogen-bond acceptors (Lipinski definition) is 4. The first-order valence-electron chi connectivity index (χ1n) is 6.28. The van der Waals surface area contributed by atoms with Crippen molar-refractivity contribution in [2.24, 2.45) is 5.92 Å². The lowest BCUT2D eigenvalue weighted by atomic mass is 10.1. The zero-order valence-corrected chi connectivity index (χ0v) is 10.4. The molecule has 1 aromatic rings. The highest BCUT2D eigenvalue weighted by atomic mass is 15.5. The average molecular weight is 230 g/mol. The Labute approximate surface area is 101 Å². The van der Waals surface area contributed by atoms with Crippen molar-refractivity contribution in [3.8, 4) is 0 Å². The van der Waals surface area contributed by atoms with Crippen molar-refractivity contribution >= 4 is 11.8 Å². The molecular formula is C13H18N4. The molecule has 0 atom stereocenters. The average Bonchev–Trinajstić information content (AvgIpc) is 2.60. The van der Waals surface area contributed by atoms with Gasteiger partial charge in [0.15, 0.2) is 0 Å². The van der Waals surface area contributed by atoms with Gasteiger partial charge in [-0.3, -0.25) is 0 Å². The van der Waals surface area contributed by atoms with Crippen molar-refractivity contribution in [3.05, 3.63) is 22.3 Å². The van der Waals surface area contributed by atoms with E-state index in [2.05, 4.69) is 40.7 Å². The van der Waals surface area contributed by atoms with E-state index in [1.807, 2.05) is 6.20 Å². The van der Waals surface area contributed by atoms with Gasteiger partial charge in [0.25, 0.3) is 0 Å². The predicted octanol–water partition coefficient (Wildman–Crippen LogP) is -0.212. The third kappa shape index (κ3) is 1.93. The molecule has 0 saturated heterocycles. The van der Waals surface area contributed by atoms with Gasteiger partial charge in [-0.15, -0.1) is 0 Å². The minimum Gasteiger partial charge on any atom is -0.325 e. The summed E-state index contributed by atoms with van der Waals surface area (Å²) in [5.41, 5.74) is 6.06. The van der Waals surface area contributed by atoms with Crippen LogP contribution in [0.15, 0.2) is 6.20 Å². The highest BCUT2D eigenvalue weighted by Crippen LogP contribution is 2.13. The Morgan fingerprint density at radius 2 is 2.29 bits per heavy atom. The summed E-state index contributed by atoms with van der Waals surface area (Å²) < 4.78 is 0. The quantitative estimate of drug-likeness (QED) is 0.763. The Balaban J connectivity index is 2.04. The molecule has 1 aliphatic heterocycles. The fraction of sp³-hybridized carbons (Fsp3) is 0.538. The number of rotatable bonds is 2. The SMILES string of the molecule is CC(C)CN1CC2=c3c(nncc3=CN1)CC2. The molecule has 4 heteroatoms. The molecule has 1 aromatic heterocycles. The van der Waals surface area contributed by atoms with E-state index in [1.165, 1.54) is 21.7 Å². The van der Waals surface area contributed by atoms with Crippen LogP contribution in [0.1, 0.15) is 26.0 Å². The van der Waals surface area contributed by atoms with Crippen molar-refractivity contribution in [1.29, 1.82) is 0 Å². The van der Waals surface area contributed by atoms with Gasteiger partial charge in [-0.05, 0) is 24.3 Å². The minimum absolute atomic E-state index is 0.662. The molecule has 0 radical (unpaired) electrons. The normalized spacial score (nSPS) is 18.6. The first-order chi connectivity index (χ1) is 8.24. The van der Waals surface area contributed by atoms with Crippen molar-refractivity contribution < 1.29 is 0 Å². The maximum Gasteiger partial charge on any atom is 0.0713 e. The van der Waals surface area contributed by atoms with Gasteiger partial charge in [0.2, 0.25) is 0 Å². The Kier molecular flexibility index (Phi) is 2.59. The summed E-state index contributed by atoms with van der Waals surface area (Å²) in [4.78, 5) is 0. The third-order valence-electron chi connectivity index (χ3n) is 3.34.